The van der Waals surface area contributed by atoms with E-state index >= 15 is 0 Å². The molecule has 1 aliphatic carbocycles. The van der Waals surface area contributed by atoms with Crippen LogP contribution in [0.1, 0.15) is 28.7 Å². The third-order valence-electron chi connectivity index (χ3n) is 5.29. The Balaban J connectivity index is 0.00000192. The van der Waals surface area contributed by atoms with Crippen molar-refractivity contribution in [1.29, 1.82) is 0 Å². The maximum absolute atomic E-state index is 13.7. The Morgan fingerprint density at radius 1 is 1.07 bits per heavy atom. The highest BCUT2D eigenvalue weighted by molar-refractivity contribution is 5.85. The van der Waals surface area contributed by atoms with Crippen LogP contribution in [-0.2, 0) is 6.42 Å². The normalized spacial score (nSPS) is 18.0. The summed E-state index contributed by atoms with van der Waals surface area (Å²) in [6.07, 6.45) is 4.11. The van der Waals surface area contributed by atoms with Gasteiger partial charge in [0.1, 0.15) is 18.0 Å². The molecule has 6 nitrogen and oxygen atoms in total. The van der Waals surface area contributed by atoms with E-state index in [0.29, 0.717) is 11.5 Å². The van der Waals surface area contributed by atoms with Gasteiger partial charge in [0.2, 0.25) is 0 Å². The molecule has 142 valence electrons. The average molecular weight is 397 g/mol. The fraction of sp³-hybridized carbons (Fsp3) is 0.150. The lowest BCUT2D eigenvalue weighted by Gasteiger charge is -2.22. The topological polar surface area (TPSA) is 95.6 Å². The molecule has 28 heavy (non-hydrogen) atoms. The zero-order chi connectivity index (χ0) is 18.5. The van der Waals surface area contributed by atoms with Crippen LogP contribution in [0.15, 0.2) is 55.0 Å². The van der Waals surface area contributed by atoms with E-state index < -0.39 is 5.82 Å². The van der Waals surface area contributed by atoms with Gasteiger partial charge in [-0.3, -0.25) is 4.68 Å². The van der Waals surface area contributed by atoms with Crippen LogP contribution < -0.4 is 11.5 Å². The Hall–Kier alpha value is -3.19. The van der Waals surface area contributed by atoms with Gasteiger partial charge in [0.05, 0.1) is 17.1 Å². The van der Waals surface area contributed by atoms with E-state index in [9.17, 15) is 4.39 Å². The Morgan fingerprint density at radius 3 is 2.68 bits per heavy atom. The summed E-state index contributed by atoms with van der Waals surface area (Å²) < 4.78 is 15.6. The van der Waals surface area contributed by atoms with Crippen molar-refractivity contribution in [3.05, 3.63) is 77.5 Å². The van der Waals surface area contributed by atoms with Gasteiger partial charge in [-0.05, 0) is 35.2 Å². The van der Waals surface area contributed by atoms with Crippen LogP contribution in [0.2, 0.25) is 0 Å². The molecule has 1 aliphatic rings. The van der Waals surface area contributed by atoms with Crippen molar-refractivity contribution in [2.75, 3.05) is 11.5 Å². The first-order chi connectivity index (χ1) is 13.1. The van der Waals surface area contributed by atoms with Gasteiger partial charge in [-0.1, -0.05) is 30.3 Å². The number of halogens is 2. The number of aromatic nitrogens is 4. The number of nitrogen functional groups attached to an aromatic ring is 2. The number of nitrogens with two attached hydrogens (primary N) is 2. The monoisotopic (exact) mass is 396 g/mol. The molecule has 0 aliphatic heterocycles. The molecule has 8 heteroatoms. The Bertz CT molecular complexity index is 1170. The van der Waals surface area contributed by atoms with Crippen molar-refractivity contribution in [2.24, 2.45) is 0 Å². The summed E-state index contributed by atoms with van der Waals surface area (Å²) in [7, 11) is 0. The first kappa shape index (κ1) is 18.2. The third kappa shape index (κ3) is 2.75. The predicted molar refractivity (Wildman–Crippen MR) is 109 cm³/mol. The molecule has 0 bridgehead atoms. The van der Waals surface area contributed by atoms with Crippen molar-refractivity contribution >= 4 is 34.9 Å². The minimum Gasteiger partial charge on any atom is -0.396 e. The molecule has 2 heterocycles. The molecule has 2 aromatic heterocycles. The van der Waals surface area contributed by atoms with E-state index in [-0.39, 0.29) is 30.1 Å². The number of hydrogen-bond acceptors (Lipinski definition) is 5. The largest absolute Gasteiger partial charge is 0.396 e. The molecule has 2 aromatic carbocycles. The highest BCUT2D eigenvalue weighted by Crippen LogP contribution is 2.45. The van der Waals surface area contributed by atoms with Gasteiger partial charge in [-0.15, -0.1) is 12.4 Å². The molecular formula is C20H18ClFN6. The summed E-state index contributed by atoms with van der Waals surface area (Å²) in [4.78, 5) is 8.25. The van der Waals surface area contributed by atoms with Gasteiger partial charge in [0.15, 0.2) is 5.65 Å². The molecule has 0 spiro atoms. The minimum atomic E-state index is -0.408. The van der Waals surface area contributed by atoms with Gasteiger partial charge in [0, 0.05) is 12.1 Å². The van der Waals surface area contributed by atoms with Crippen molar-refractivity contribution in [1.82, 2.24) is 19.7 Å². The fourth-order valence-electron chi connectivity index (χ4n) is 4.02. The standard InChI is InChI=1S/C20H17FN6.ClH/c21-15-6-5-12(7-16(15)22)18-13-4-2-1-3-11(13)8-17(18)27-9-14-19(23)24-10-25-20(14)26-27;/h1-7,9-10,17-18H,8,22H2,(H2,23,24,25,26);1H. The van der Waals surface area contributed by atoms with Crippen molar-refractivity contribution in [3.63, 3.8) is 0 Å². The number of benzene rings is 2. The lowest BCUT2D eigenvalue weighted by molar-refractivity contribution is 0.439. The molecule has 4 N–H and O–H groups in total. The maximum Gasteiger partial charge on any atom is 0.186 e. The molecule has 2 unspecified atom stereocenters. The number of nitrogens with zero attached hydrogens (tertiary/aromatic N) is 4. The Labute approximate surface area is 166 Å². The summed E-state index contributed by atoms with van der Waals surface area (Å²) in [5.74, 6) is 0.00592. The number of fused-ring (bicyclic) bond motifs is 2. The molecule has 2 atom stereocenters. The SMILES string of the molecule is Cl.Nc1cc(C2c3ccccc3CC2n2cc3c(N)ncnc3n2)ccc1F. The highest BCUT2D eigenvalue weighted by atomic mass is 35.5. The summed E-state index contributed by atoms with van der Waals surface area (Å²) >= 11 is 0. The summed E-state index contributed by atoms with van der Waals surface area (Å²) in [6, 6.07) is 13.2. The molecule has 5 rings (SSSR count). The van der Waals surface area contributed by atoms with E-state index in [0.717, 1.165) is 17.4 Å². The molecule has 4 aromatic rings. The molecule has 0 saturated heterocycles. The number of anilines is 2. The van der Waals surface area contributed by atoms with Crippen LogP contribution in [0.25, 0.3) is 11.0 Å². The van der Waals surface area contributed by atoms with Gasteiger partial charge < -0.3 is 11.5 Å². The summed E-state index contributed by atoms with van der Waals surface area (Å²) in [5.41, 5.74) is 15.9. The zero-order valence-electron chi connectivity index (χ0n) is 14.8. The highest BCUT2D eigenvalue weighted by Gasteiger charge is 2.35. The van der Waals surface area contributed by atoms with E-state index in [1.165, 1.54) is 23.5 Å². The molecule has 0 radical (unpaired) electrons. The lowest BCUT2D eigenvalue weighted by Crippen LogP contribution is -2.16. The van der Waals surface area contributed by atoms with Crippen LogP contribution in [0.4, 0.5) is 15.9 Å². The second-order valence-corrected chi connectivity index (χ2v) is 6.83. The van der Waals surface area contributed by atoms with Crippen LogP contribution in [0, 0.1) is 5.82 Å². The quantitative estimate of drug-likeness (QED) is 0.506. The van der Waals surface area contributed by atoms with Crippen LogP contribution in [0.5, 0.6) is 0 Å². The van der Waals surface area contributed by atoms with Gasteiger partial charge in [-0.25, -0.2) is 14.4 Å². The maximum atomic E-state index is 13.7. The lowest BCUT2D eigenvalue weighted by atomic mass is 9.90. The van der Waals surface area contributed by atoms with E-state index in [1.54, 1.807) is 12.1 Å². The third-order valence-corrected chi connectivity index (χ3v) is 5.29. The van der Waals surface area contributed by atoms with Crippen molar-refractivity contribution in [2.45, 2.75) is 18.4 Å². The molecular weight excluding hydrogens is 379 g/mol. The van der Waals surface area contributed by atoms with E-state index in [1.807, 2.05) is 23.0 Å². The van der Waals surface area contributed by atoms with E-state index in [4.69, 9.17) is 11.5 Å². The molecule has 0 fully saturated rings. The zero-order valence-corrected chi connectivity index (χ0v) is 15.6. The summed E-state index contributed by atoms with van der Waals surface area (Å²) in [6.45, 7) is 0. The van der Waals surface area contributed by atoms with Gasteiger partial charge in [0.25, 0.3) is 0 Å². The Kier molecular flexibility index (Phi) is 4.39. The smallest absolute Gasteiger partial charge is 0.186 e. The second kappa shape index (κ2) is 6.76. The van der Waals surface area contributed by atoms with Crippen molar-refractivity contribution < 1.29 is 4.39 Å². The number of hydrogen-bond donors (Lipinski definition) is 2. The fourth-order valence-corrected chi connectivity index (χ4v) is 4.02. The average Bonchev–Trinajstić information content (AvgIpc) is 3.26. The van der Waals surface area contributed by atoms with Crippen molar-refractivity contribution in [3.8, 4) is 0 Å². The van der Waals surface area contributed by atoms with Gasteiger partial charge >= 0.3 is 0 Å². The molecule has 0 amide bonds. The van der Waals surface area contributed by atoms with Crippen LogP contribution in [-0.4, -0.2) is 19.7 Å². The predicted octanol–water partition coefficient (Wildman–Crippen LogP) is 3.48. The second-order valence-electron chi connectivity index (χ2n) is 6.83. The van der Waals surface area contributed by atoms with Gasteiger partial charge in [-0.2, -0.15) is 5.10 Å². The first-order valence-electron chi connectivity index (χ1n) is 8.70. The number of rotatable bonds is 2. The summed E-state index contributed by atoms with van der Waals surface area (Å²) in [5, 5.41) is 5.36. The Morgan fingerprint density at radius 2 is 1.89 bits per heavy atom. The first-order valence-corrected chi connectivity index (χ1v) is 8.70. The van der Waals surface area contributed by atoms with Crippen LogP contribution in [0.3, 0.4) is 0 Å². The minimum absolute atomic E-state index is 0. The van der Waals surface area contributed by atoms with Crippen LogP contribution >= 0.6 is 12.4 Å². The molecule has 0 saturated carbocycles. The van der Waals surface area contributed by atoms with E-state index in [2.05, 4.69) is 27.2 Å².